The predicted octanol–water partition coefficient (Wildman–Crippen LogP) is 2.20. The highest BCUT2D eigenvalue weighted by atomic mass is 16.5. The lowest BCUT2D eigenvalue weighted by atomic mass is 10.1. The summed E-state index contributed by atoms with van der Waals surface area (Å²) in [4.78, 5) is 2.38. The van der Waals surface area contributed by atoms with Crippen molar-refractivity contribution in [3.63, 3.8) is 0 Å². The van der Waals surface area contributed by atoms with Crippen molar-refractivity contribution in [3.05, 3.63) is 35.4 Å². The van der Waals surface area contributed by atoms with E-state index in [-0.39, 0.29) is 0 Å². The smallest absolute Gasteiger partial charge is 0.0480 e. The van der Waals surface area contributed by atoms with Gasteiger partial charge in [0.1, 0.15) is 0 Å². The van der Waals surface area contributed by atoms with Crippen LogP contribution >= 0.6 is 0 Å². The number of nitrogens with zero attached hydrogens (tertiary/aromatic N) is 1. The van der Waals surface area contributed by atoms with Gasteiger partial charge < -0.3 is 15.0 Å². The highest BCUT2D eigenvalue weighted by Gasteiger charge is 2.12. The summed E-state index contributed by atoms with van der Waals surface area (Å²) in [7, 11) is 2.19. The van der Waals surface area contributed by atoms with Crippen LogP contribution in [-0.4, -0.2) is 44.3 Å². The quantitative estimate of drug-likeness (QED) is 0.850. The van der Waals surface area contributed by atoms with Crippen LogP contribution in [0.3, 0.4) is 0 Å². The third-order valence-electron chi connectivity index (χ3n) is 3.85. The lowest BCUT2D eigenvalue weighted by Crippen LogP contribution is -2.39. The second-order valence-corrected chi connectivity index (χ2v) is 5.51. The van der Waals surface area contributed by atoms with Gasteiger partial charge in [0.2, 0.25) is 0 Å². The molecule has 1 aromatic rings. The highest BCUT2D eigenvalue weighted by molar-refractivity contribution is 5.25. The molecule has 0 aliphatic carbocycles. The Kier molecular flexibility index (Phi) is 5.83. The molecular formula is C16H26N2O. The number of hydrogen-bond donors (Lipinski definition) is 1. The minimum Gasteiger partial charge on any atom is -0.381 e. The van der Waals surface area contributed by atoms with E-state index in [1.165, 1.54) is 11.1 Å². The third kappa shape index (κ3) is 4.94. The van der Waals surface area contributed by atoms with E-state index in [9.17, 15) is 0 Å². The molecule has 0 amide bonds. The molecule has 0 radical (unpaired) electrons. The van der Waals surface area contributed by atoms with Crippen LogP contribution in [0.15, 0.2) is 24.3 Å². The van der Waals surface area contributed by atoms with Crippen molar-refractivity contribution in [2.45, 2.75) is 32.4 Å². The van der Waals surface area contributed by atoms with E-state index in [0.29, 0.717) is 6.04 Å². The summed E-state index contributed by atoms with van der Waals surface area (Å²) in [5, 5.41) is 3.63. The summed E-state index contributed by atoms with van der Waals surface area (Å²) in [5.41, 5.74) is 2.81. The van der Waals surface area contributed by atoms with Gasteiger partial charge >= 0.3 is 0 Å². The van der Waals surface area contributed by atoms with Crippen LogP contribution in [0, 0.1) is 6.92 Å². The standard InChI is InChI=1S/C16H26N2O/c1-14-5-3-4-6-15(14)13-18(2)10-9-17-16-7-11-19-12-8-16/h3-6,16-17H,7-13H2,1-2H3. The fourth-order valence-corrected chi connectivity index (χ4v) is 2.52. The molecule has 3 heteroatoms. The van der Waals surface area contributed by atoms with E-state index in [1.807, 2.05) is 0 Å². The van der Waals surface area contributed by atoms with Crippen LogP contribution in [0.4, 0.5) is 0 Å². The van der Waals surface area contributed by atoms with Gasteiger partial charge in [0.25, 0.3) is 0 Å². The Labute approximate surface area is 116 Å². The summed E-state index contributed by atoms with van der Waals surface area (Å²) in [6.45, 7) is 7.19. The first-order chi connectivity index (χ1) is 9.25. The first-order valence-electron chi connectivity index (χ1n) is 7.30. The average molecular weight is 262 g/mol. The zero-order valence-corrected chi connectivity index (χ0v) is 12.2. The molecule has 1 aromatic carbocycles. The van der Waals surface area contributed by atoms with Crippen LogP contribution in [0.2, 0.25) is 0 Å². The van der Waals surface area contributed by atoms with Crippen LogP contribution in [0.1, 0.15) is 24.0 Å². The zero-order valence-electron chi connectivity index (χ0n) is 12.2. The van der Waals surface area contributed by atoms with Gasteiger partial charge in [-0.2, -0.15) is 0 Å². The monoisotopic (exact) mass is 262 g/mol. The Balaban J connectivity index is 1.67. The van der Waals surface area contributed by atoms with Crippen molar-refractivity contribution in [3.8, 4) is 0 Å². The molecule has 1 N–H and O–H groups in total. The Hall–Kier alpha value is -0.900. The Morgan fingerprint density at radius 2 is 2.00 bits per heavy atom. The van der Waals surface area contributed by atoms with Crippen molar-refractivity contribution in [1.29, 1.82) is 0 Å². The van der Waals surface area contributed by atoms with Gasteiger partial charge in [0.05, 0.1) is 0 Å². The minimum atomic E-state index is 0.653. The number of rotatable bonds is 6. The van der Waals surface area contributed by atoms with Gasteiger partial charge in [-0.15, -0.1) is 0 Å². The van der Waals surface area contributed by atoms with Crippen LogP contribution in [0.5, 0.6) is 0 Å². The number of ether oxygens (including phenoxy) is 1. The zero-order chi connectivity index (χ0) is 13.5. The van der Waals surface area contributed by atoms with E-state index in [0.717, 1.165) is 45.7 Å². The number of aryl methyl sites for hydroxylation is 1. The molecule has 106 valence electrons. The lowest BCUT2D eigenvalue weighted by Gasteiger charge is -2.25. The molecule has 2 rings (SSSR count). The molecule has 19 heavy (non-hydrogen) atoms. The van der Waals surface area contributed by atoms with Crippen LogP contribution < -0.4 is 5.32 Å². The molecule has 1 saturated heterocycles. The predicted molar refractivity (Wildman–Crippen MR) is 79.4 cm³/mol. The molecule has 1 fully saturated rings. The van der Waals surface area contributed by atoms with Gasteiger partial charge in [0.15, 0.2) is 0 Å². The normalized spacial score (nSPS) is 17.0. The largest absolute Gasteiger partial charge is 0.381 e. The topological polar surface area (TPSA) is 24.5 Å². The summed E-state index contributed by atoms with van der Waals surface area (Å²) in [6.07, 6.45) is 2.31. The van der Waals surface area contributed by atoms with Gasteiger partial charge in [-0.1, -0.05) is 24.3 Å². The lowest BCUT2D eigenvalue weighted by molar-refractivity contribution is 0.0774. The van der Waals surface area contributed by atoms with Gasteiger partial charge in [-0.3, -0.25) is 0 Å². The van der Waals surface area contributed by atoms with E-state index >= 15 is 0 Å². The SMILES string of the molecule is Cc1ccccc1CN(C)CCNC1CCOCC1. The van der Waals surface area contributed by atoms with E-state index in [2.05, 4.69) is 48.5 Å². The fraction of sp³-hybridized carbons (Fsp3) is 0.625. The fourth-order valence-electron chi connectivity index (χ4n) is 2.52. The molecule has 0 unspecified atom stereocenters. The summed E-state index contributed by atoms with van der Waals surface area (Å²) >= 11 is 0. The van der Waals surface area contributed by atoms with E-state index < -0.39 is 0 Å². The Morgan fingerprint density at radius 1 is 1.26 bits per heavy atom. The molecule has 0 bridgehead atoms. The summed E-state index contributed by atoms with van der Waals surface area (Å²) < 4.78 is 5.37. The van der Waals surface area contributed by atoms with Gasteiger partial charge in [-0.25, -0.2) is 0 Å². The van der Waals surface area contributed by atoms with Crippen LogP contribution in [0.25, 0.3) is 0 Å². The van der Waals surface area contributed by atoms with Gasteiger partial charge in [-0.05, 0) is 37.9 Å². The molecule has 3 nitrogen and oxygen atoms in total. The molecule has 0 saturated carbocycles. The first kappa shape index (κ1) is 14.5. The van der Waals surface area contributed by atoms with Crippen molar-refractivity contribution >= 4 is 0 Å². The van der Waals surface area contributed by atoms with Crippen molar-refractivity contribution in [2.24, 2.45) is 0 Å². The highest BCUT2D eigenvalue weighted by Crippen LogP contribution is 2.09. The van der Waals surface area contributed by atoms with E-state index in [4.69, 9.17) is 4.74 Å². The van der Waals surface area contributed by atoms with Crippen molar-refractivity contribution in [2.75, 3.05) is 33.4 Å². The van der Waals surface area contributed by atoms with Crippen molar-refractivity contribution in [1.82, 2.24) is 10.2 Å². The molecule has 0 atom stereocenters. The minimum absolute atomic E-state index is 0.653. The van der Waals surface area contributed by atoms with Crippen LogP contribution in [-0.2, 0) is 11.3 Å². The molecular weight excluding hydrogens is 236 g/mol. The molecule has 0 spiro atoms. The maximum Gasteiger partial charge on any atom is 0.0480 e. The van der Waals surface area contributed by atoms with E-state index in [1.54, 1.807) is 0 Å². The number of nitrogens with one attached hydrogen (secondary N) is 1. The first-order valence-corrected chi connectivity index (χ1v) is 7.30. The van der Waals surface area contributed by atoms with Gasteiger partial charge in [0, 0.05) is 38.9 Å². The molecule has 1 aliphatic heterocycles. The Bertz CT molecular complexity index is 375. The number of benzene rings is 1. The Morgan fingerprint density at radius 3 is 2.74 bits per heavy atom. The maximum absolute atomic E-state index is 5.37. The van der Waals surface area contributed by atoms with Crippen molar-refractivity contribution < 1.29 is 4.74 Å². The average Bonchev–Trinajstić information content (AvgIpc) is 2.43. The second kappa shape index (κ2) is 7.63. The maximum atomic E-state index is 5.37. The summed E-state index contributed by atoms with van der Waals surface area (Å²) in [5.74, 6) is 0. The summed E-state index contributed by atoms with van der Waals surface area (Å²) in [6, 6.07) is 9.28. The number of hydrogen-bond acceptors (Lipinski definition) is 3. The molecule has 1 heterocycles. The second-order valence-electron chi connectivity index (χ2n) is 5.51. The number of likely N-dealkylation sites (N-methyl/N-ethyl adjacent to an activating group) is 1. The third-order valence-corrected chi connectivity index (χ3v) is 3.85. The molecule has 1 aliphatic rings. The molecule has 0 aromatic heterocycles.